The van der Waals surface area contributed by atoms with Crippen molar-refractivity contribution < 1.29 is 22.3 Å². The van der Waals surface area contributed by atoms with Crippen molar-refractivity contribution in [1.29, 1.82) is 0 Å². The molecule has 1 saturated heterocycles. The van der Waals surface area contributed by atoms with Crippen LogP contribution in [0.2, 0.25) is 10.0 Å². The Balaban J connectivity index is 1.23. The van der Waals surface area contributed by atoms with E-state index in [1.54, 1.807) is 36.4 Å². The molecule has 42 heavy (non-hydrogen) atoms. The molecule has 1 amide bonds. The first-order valence-electron chi connectivity index (χ1n) is 13.3. The number of halogens is 3. The molecule has 1 aliphatic rings. The Hall–Kier alpha value is -3.63. The molecule has 5 rings (SSSR count). The van der Waals surface area contributed by atoms with E-state index in [0.29, 0.717) is 59.6 Å². The van der Waals surface area contributed by atoms with Crippen molar-refractivity contribution in [3.8, 4) is 11.5 Å². The van der Waals surface area contributed by atoms with Gasteiger partial charge in [-0.3, -0.25) is 14.4 Å². The Morgan fingerprint density at radius 2 is 1.62 bits per heavy atom. The SMILES string of the molecule is O=C(NC1CCN(Cc2ccccc2F)CC1)c1cc(Cl)ccc1NS(=O)(=O)c1ccc(Oc2ccccc2Cl)cc1. The molecule has 11 heteroatoms. The fourth-order valence-electron chi connectivity index (χ4n) is 4.70. The van der Waals surface area contributed by atoms with Crippen molar-refractivity contribution in [3.63, 3.8) is 0 Å². The number of sulfonamides is 1. The van der Waals surface area contributed by atoms with E-state index >= 15 is 0 Å². The molecule has 4 aromatic rings. The predicted molar refractivity (Wildman–Crippen MR) is 162 cm³/mol. The first-order chi connectivity index (χ1) is 20.2. The molecule has 0 spiro atoms. The molecule has 0 radical (unpaired) electrons. The molecule has 218 valence electrons. The Kier molecular flexibility index (Phi) is 9.33. The van der Waals surface area contributed by atoms with Crippen molar-refractivity contribution in [1.82, 2.24) is 10.2 Å². The van der Waals surface area contributed by atoms with Crippen LogP contribution in [0.5, 0.6) is 11.5 Å². The summed E-state index contributed by atoms with van der Waals surface area (Å²) in [6, 6.07) is 23.8. The van der Waals surface area contributed by atoms with Gasteiger partial charge in [-0.1, -0.05) is 53.5 Å². The number of carbonyl (C=O) groups excluding carboxylic acids is 1. The lowest BCUT2D eigenvalue weighted by molar-refractivity contribution is 0.0909. The van der Waals surface area contributed by atoms with E-state index in [1.165, 1.54) is 48.5 Å². The highest BCUT2D eigenvalue weighted by Gasteiger charge is 2.24. The van der Waals surface area contributed by atoms with Crippen LogP contribution in [0.25, 0.3) is 0 Å². The van der Waals surface area contributed by atoms with E-state index in [4.69, 9.17) is 27.9 Å². The van der Waals surface area contributed by atoms with Crippen molar-refractivity contribution in [2.45, 2.75) is 30.3 Å². The van der Waals surface area contributed by atoms with Gasteiger partial charge < -0.3 is 10.1 Å². The standard InChI is InChI=1S/C31H28Cl2FN3O4S/c32-22-9-14-29(36-42(39,40)25-12-10-24(11-13-25)41-30-8-4-2-6-27(30)33)26(19-22)31(38)35-23-15-17-37(18-16-23)20-21-5-1-3-7-28(21)34/h1-14,19,23,36H,15-18,20H2,(H,35,38). The molecule has 1 aliphatic heterocycles. The second-order valence-electron chi connectivity index (χ2n) is 9.91. The summed E-state index contributed by atoms with van der Waals surface area (Å²) in [5, 5.41) is 3.72. The van der Waals surface area contributed by atoms with Gasteiger partial charge in [0.25, 0.3) is 15.9 Å². The molecular weight excluding hydrogens is 600 g/mol. The highest BCUT2D eigenvalue weighted by atomic mass is 35.5. The monoisotopic (exact) mass is 627 g/mol. The summed E-state index contributed by atoms with van der Waals surface area (Å²) >= 11 is 12.3. The summed E-state index contributed by atoms with van der Waals surface area (Å²) in [5.41, 5.74) is 0.849. The molecule has 2 N–H and O–H groups in total. The van der Waals surface area contributed by atoms with E-state index < -0.39 is 15.9 Å². The van der Waals surface area contributed by atoms with Crippen LogP contribution in [0.1, 0.15) is 28.8 Å². The minimum atomic E-state index is -4.05. The molecule has 0 aromatic heterocycles. The van der Waals surface area contributed by atoms with Gasteiger partial charge in [-0.15, -0.1) is 0 Å². The minimum Gasteiger partial charge on any atom is -0.456 e. The van der Waals surface area contributed by atoms with E-state index in [9.17, 15) is 17.6 Å². The Labute approximate surface area is 254 Å². The number of likely N-dealkylation sites (tertiary alicyclic amines) is 1. The normalized spacial score (nSPS) is 14.4. The number of nitrogens with one attached hydrogen (secondary N) is 2. The van der Waals surface area contributed by atoms with E-state index in [-0.39, 0.29) is 28.0 Å². The van der Waals surface area contributed by atoms with Gasteiger partial charge in [0.15, 0.2) is 0 Å². The van der Waals surface area contributed by atoms with E-state index in [0.717, 1.165) is 0 Å². The summed E-state index contributed by atoms with van der Waals surface area (Å²) in [6.07, 6.45) is 1.34. The average molecular weight is 629 g/mol. The third kappa shape index (κ3) is 7.41. The van der Waals surface area contributed by atoms with Gasteiger partial charge in [-0.25, -0.2) is 12.8 Å². The highest BCUT2D eigenvalue weighted by Crippen LogP contribution is 2.30. The summed E-state index contributed by atoms with van der Waals surface area (Å²) in [7, 11) is -4.05. The number of amides is 1. The lowest BCUT2D eigenvalue weighted by atomic mass is 10.0. The number of carbonyl (C=O) groups is 1. The number of hydrogen-bond donors (Lipinski definition) is 2. The quantitative estimate of drug-likeness (QED) is 0.206. The van der Waals surface area contributed by atoms with Crippen LogP contribution in [-0.4, -0.2) is 38.4 Å². The molecule has 4 aromatic carbocycles. The fourth-order valence-corrected chi connectivity index (χ4v) is 6.13. The first kappa shape index (κ1) is 29.8. The van der Waals surface area contributed by atoms with Crippen LogP contribution in [-0.2, 0) is 16.6 Å². The van der Waals surface area contributed by atoms with Gasteiger partial charge in [0.05, 0.1) is 21.2 Å². The van der Waals surface area contributed by atoms with Gasteiger partial charge in [-0.05, 0) is 73.5 Å². The molecule has 0 unspecified atom stereocenters. The second kappa shape index (κ2) is 13.1. The number of para-hydroxylation sites is 1. The van der Waals surface area contributed by atoms with Crippen LogP contribution in [0.4, 0.5) is 10.1 Å². The summed E-state index contributed by atoms with van der Waals surface area (Å²) in [4.78, 5) is 15.4. The summed E-state index contributed by atoms with van der Waals surface area (Å²) in [5.74, 6) is 0.186. The lowest BCUT2D eigenvalue weighted by Gasteiger charge is -2.32. The molecule has 1 fully saturated rings. The maximum atomic E-state index is 14.0. The van der Waals surface area contributed by atoms with E-state index in [2.05, 4.69) is 14.9 Å². The van der Waals surface area contributed by atoms with E-state index in [1.807, 2.05) is 6.07 Å². The molecule has 7 nitrogen and oxygen atoms in total. The molecule has 0 aliphatic carbocycles. The third-order valence-electron chi connectivity index (χ3n) is 6.94. The molecular formula is C31H28Cl2FN3O4S. The van der Waals surface area contributed by atoms with Gasteiger partial charge in [0, 0.05) is 36.3 Å². The minimum absolute atomic E-state index is 0.0162. The predicted octanol–water partition coefficient (Wildman–Crippen LogP) is 7.12. The third-order valence-corrected chi connectivity index (χ3v) is 8.87. The zero-order valence-corrected chi connectivity index (χ0v) is 24.7. The van der Waals surface area contributed by atoms with Gasteiger partial charge >= 0.3 is 0 Å². The van der Waals surface area contributed by atoms with Crippen LogP contribution in [0, 0.1) is 5.82 Å². The number of hydrogen-bond acceptors (Lipinski definition) is 5. The summed E-state index contributed by atoms with van der Waals surface area (Å²) in [6.45, 7) is 1.87. The summed E-state index contributed by atoms with van der Waals surface area (Å²) < 4.78 is 48.7. The maximum absolute atomic E-state index is 14.0. The number of rotatable bonds is 9. The lowest BCUT2D eigenvalue weighted by Crippen LogP contribution is -2.44. The number of ether oxygens (including phenoxy) is 1. The fraction of sp³-hybridized carbons (Fsp3) is 0.194. The second-order valence-corrected chi connectivity index (χ2v) is 12.4. The maximum Gasteiger partial charge on any atom is 0.261 e. The number of anilines is 1. The smallest absolute Gasteiger partial charge is 0.261 e. The zero-order chi connectivity index (χ0) is 29.7. The van der Waals surface area contributed by atoms with Gasteiger partial charge in [0.2, 0.25) is 0 Å². The van der Waals surface area contributed by atoms with Gasteiger partial charge in [0.1, 0.15) is 17.3 Å². The van der Waals surface area contributed by atoms with Crippen molar-refractivity contribution in [2.24, 2.45) is 0 Å². The molecule has 1 heterocycles. The number of benzene rings is 4. The highest BCUT2D eigenvalue weighted by molar-refractivity contribution is 7.92. The van der Waals surface area contributed by atoms with Crippen molar-refractivity contribution in [2.75, 3.05) is 17.8 Å². The van der Waals surface area contributed by atoms with Crippen LogP contribution < -0.4 is 14.8 Å². The number of nitrogens with zero attached hydrogens (tertiary/aromatic N) is 1. The molecule has 0 atom stereocenters. The Morgan fingerprint density at radius 3 is 2.33 bits per heavy atom. The van der Waals surface area contributed by atoms with Crippen LogP contribution in [0.3, 0.4) is 0 Å². The largest absolute Gasteiger partial charge is 0.456 e. The molecule has 0 bridgehead atoms. The Bertz CT molecular complexity index is 1680. The van der Waals surface area contributed by atoms with Crippen molar-refractivity contribution in [3.05, 3.63) is 118 Å². The van der Waals surface area contributed by atoms with Crippen LogP contribution >= 0.6 is 23.2 Å². The zero-order valence-electron chi connectivity index (χ0n) is 22.4. The van der Waals surface area contributed by atoms with Crippen molar-refractivity contribution >= 4 is 44.8 Å². The van der Waals surface area contributed by atoms with Gasteiger partial charge in [-0.2, -0.15) is 0 Å². The first-order valence-corrected chi connectivity index (χ1v) is 15.5. The van der Waals surface area contributed by atoms with Crippen LogP contribution in [0.15, 0.2) is 95.9 Å². The topological polar surface area (TPSA) is 87.7 Å². The molecule has 0 saturated carbocycles. The average Bonchev–Trinajstić information content (AvgIpc) is 2.97. The number of piperidine rings is 1. The Morgan fingerprint density at radius 1 is 0.929 bits per heavy atom.